The minimum absolute atomic E-state index is 0.00973. The molecule has 0 spiro atoms. The van der Waals surface area contributed by atoms with Gasteiger partial charge in [-0.1, -0.05) is 12.1 Å². The summed E-state index contributed by atoms with van der Waals surface area (Å²) in [7, 11) is -3.75. The molecule has 0 bridgehead atoms. The minimum Gasteiger partial charge on any atom is -0.494 e. The van der Waals surface area contributed by atoms with E-state index in [0.29, 0.717) is 18.0 Å². The van der Waals surface area contributed by atoms with Crippen LogP contribution in [0.1, 0.15) is 13.8 Å². The highest BCUT2D eigenvalue weighted by Crippen LogP contribution is 2.24. The lowest BCUT2D eigenvalue weighted by Crippen LogP contribution is -2.45. The molecule has 6 nitrogen and oxygen atoms in total. The van der Waals surface area contributed by atoms with Crippen LogP contribution in [0.25, 0.3) is 0 Å². The van der Waals surface area contributed by atoms with Crippen molar-refractivity contribution in [1.82, 2.24) is 0 Å². The lowest BCUT2D eigenvalue weighted by Gasteiger charge is -2.28. The summed E-state index contributed by atoms with van der Waals surface area (Å²) < 4.78 is 44.5. The van der Waals surface area contributed by atoms with Crippen molar-refractivity contribution >= 4 is 27.3 Å². The molecule has 0 aliphatic heterocycles. The molecule has 8 heteroatoms. The molecule has 1 amide bonds. The third kappa shape index (κ3) is 4.72. The van der Waals surface area contributed by atoms with Crippen molar-refractivity contribution in [1.29, 1.82) is 0 Å². The summed E-state index contributed by atoms with van der Waals surface area (Å²) in [5.74, 6) is -0.650. The first-order chi connectivity index (χ1) is 12.2. The van der Waals surface area contributed by atoms with Crippen LogP contribution in [0.5, 0.6) is 5.75 Å². The highest BCUT2D eigenvalue weighted by Gasteiger charge is 2.29. The van der Waals surface area contributed by atoms with Crippen molar-refractivity contribution in [2.45, 2.75) is 19.9 Å². The van der Waals surface area contributed by atoms with E-state index in [1.165, 1.54) is 25.1 Å². The average molecular weight is 380 g/mol. The molecule has 2 aromatic rings. The average Bonchev–Trinajstić information content (AvgIpc) is 2.57. The fourth-order valence-corrected chi connectivity index (χ4v) is 3.64. The van der Waals surface area contributed by atoms with Crippen LogP contribution in [0.15, 0.2) is 48.5 Å². The highest BCUT2D eigenvalue weighted by molar-refractivity contribution is 7.92. The van der Waals surface area contributed by atoms with Gasteiger partial charge in [-0.2, -0.15) is 0 Å². The van der Waals surface area contributed by atoms with E-state index in [4.69, 9.17) is 4.74 Å². The van der Waals surface area contributed by atoms with Crippen LogP contribution >= 0.6 is 0 Å². The number of halogens is 1. The van der Waals surface area contributed by atoms with E-state index in [0.717, 1.165) is 10.6 Å². The van der Waals surface area contributed by atoms with Gasteiger partial charge in [0.15, 0.2) is 0 Å². The topological polar surface area (TPSA) is 75.7 Å². The molecule has 1 unspecified atom stereocenters. The molecule has 1 N–H and O–H groups in total. The predicted molar refractivity (Wildman–Crippen MR) is 99.4 cm³/mol. The number of amides is 1. The van der Waals surface area contributed by atoms with Crippen molar-refractivity contribution < 1.29 is 22.3 Å². The number of nitrogens with one attached hydrogen (secondary N) is 1. The van der Waals surface area contributed by atoms with Gasteiger partial charge in [0.05, 0.1) is 24.2 Å². The van der Waals surface area contributed by atoms with E-state index in [1.54, 1.807) is 30.3 Å². The molecule has 140 valence electrons. The lowest BCUT2D eigenvalue weighted by atomic mass is 10.2. The Balaban J connectivity index is 2.28. The zero-order valence-corrected chi connectivity index (χ0v) is 15.6. The van der Waals surface area contributed by atoms with Crippen LogP contribution in [0.3, 0.4) is 0 Å². The molecule has 0 aliphatic rings. The molecule has 0 saturated heterocycles. The predicted octanol–water partition coefficient (Wildman–Crippen LogP) is 3.02. The summed E-state index contributed by atoms with van der Waals surface area (Å²) in [6.07, 6.45) is 1.01. The number of hydrogen-bond acceptors (Lipinski definition) is 4. The number of anilines is 2. The second-order valence-electron chi connectivity index (χ2n) is 5.63. The molecule has 0 aromatic heterocycles. The third-order valence-electron chi connectivity index (χ3n) is 3.62. The van der Waals surface area contributed by atoms with Crippen molar-refractivity contribution in [3.63, 3.8) is 0 Å². The molecular weight excluding hydrogens is 359 g/mol. The SMILES string of the molecule is CCOc1ccc(N(C(C)C(=O)Nc2ccccc2F)S(C)(=O)=O)cc1. The third-order valence-corrected chi connectivity index (χ3v) is 4.86. The number of carbonyl (C=O) groups excluding carboxylic acids is 1. The number of hydrogen-bond donors (Lipinski definition) is 1. The Labute approximate surface area is 152 Å². The van der Waals surface area contributed by atoms with E-state index in [9.17, 15) is 17.6 Å². The molecule has 0 radical (unpaired) electrons. The van der Waals surface area contributed by atoms with Gasteiger partial charge in [-0.15, -0.1) is 0 Å². The summed E-state index contributed by atoms with van der Waals surface area (Å²) in [6.45, 7) is 3.76. The molecule has 0 heterocycles. The second-order valence-corrected chi connectivity index (χ2v) is 7.49. The van der Waals surface area contributed by atoms with Gasteiger partial charge < -0.3 is 10.1 Å². The number of sulfonamides is 1. The van der Waals surface area contributed by atoms with E-state index in [1.807, 2.05) is 6.92 Å². The van der Waals surface area contributed by atoms with Gasteiger partial charge in [0.1, 0.15) is 17.6 Å². The molecule has 2 rings (SSSR count). The van der Waals surface area contributed by atoms with E-state index >= 15 is 0 Å². The summed E-state index contributed by atoms with van der Waals surface area (Å²) in [5, 5.41) is 2.42. The normalized spacial score (nSPS) is 12.3. The van der Waals surface area contributed by atoms with Crippen LogP contribution in [-0.4, -0.2) is 33.2 Å². The van der Waals surface area contributed by atoms with Crippen molar-refractivity contribution in [3.05, 3.63) is 54.3 Å². The standard InChI is InChI=1S/C18H21FN2O4S/c1-4-25-15-11-9-14(10-12-15)21(26(3,23)24)13(2)18(22)20-17-8-6-5-7-16(17)19/h5-13H,4H2,1-3H3,(H,20,22). The van der Waals surface area contributed by atoms with Gasteiger partial charge in [-0.05, 0) is 50.2 Å². The molecule has 2 aromatic carbocycles. The van der Waals surface area contributed by atoms with Crippen LogP contribution in [0.2, 0.25) is 0 Å². The van der Waals surface area contributed by atoms with Crippen LogP contribution in [0.4, 0.5) is 15.8 Å². The van der Waals surface area contributed by atoms with Crippen LogP contribution < -0.4 is 14.4 Å². The second kappa shape index (κ2) is 8.18. The van der Waals surface area contributed by atoms with Crippen LogP contribution in [0, 0.1) is 5.82 Å². The number of nitrogens with zero attached hydrogens (tertiary/aromatic N) is 1. The first-order valence-corrected chi connectivity index (χ1v) is 9.86. The van der Waals surface area contributed by atoms with Gasteiger partial charge in [0, 0.05) is 0 Å². The van der Waals surface area contributed by atoms with Gasteiger partial charge in [0.25, 0.3) is 0 Å². The summed E-state index contributed by atoms with van der Waals surface area (Å²) in [6, 6.07) is 11.0. The maximum Gasteiger partial charge on any atom is 0.248 e. The lowest BCUT2D eigenvalue weighted by molar-refractivity contribution is -0.116. The first-order valence-electron chi connectivity index (χ1n) is 8.01. The number of carbonyl (C=O) groups is 1. The Hall–Kier alpha value is -2.61. The number of ether oxygens (including phenoxy) is 1. The van der Waals surface area contributed by atoms with E-state index in [-0.39, 0.29) is 5.69 Å². The highest BCUT2D eigenvalue weighted by atomic mass is 32.2. The summed E-state index contributed by atoms with van der Waals surface area (Å²) >= 11 is 0. The molecule has 0 saturated carbocycles. The Morgan fingerprint density at radius 2 is 1.81 bits per heavy atom. The van der Waals surface area contributed by atoms with E-state index in [2.05, 4.69) is 5.32 Å². The summed E-state index contributed by atoms with van der Waals surface area (Å²) in [4.78, 5) is 12.5. The molecule has 26 heavy (non-hydrogen) atoms. The maximum absolute atomic E-state index is 13.7. The smallest absolute Gasteiger partial charge is 0.248 e. The van der Waals surface area contributed by atoms with Gasteiger partial charge >= 0.3 is 0 Å². The number of para-hydroxylation sites is 1. The molecule has 0 fully saturated rings. The van der Waals surface area contributed by atoms with Crippen molar-refractivity contribution in [3.8, 4) is 5.75 Å². The molecule has 0 aliphatic carbocycles. The van der Waals surface area contributed by atoms with E-state index < -0.39 is 27.8 Å². The number of benzene rings is 2. The molecule has 1 atom stereocenters. The monoisotopic (exact) mass is 380 g/mol. The first kappa shape index (κ1) is 19.7. The van der Waals surface area contributed by atoms with Gasteiger partial charge in [0.2, 0.25) is 15.9 Å². The zero-order chi connectivity index (χ0) is 19.3. The Kier molecular flexibility index (Phi) is 6.20. The minimum atomic E-state index is -3.75. The fraction of sp³-hybridized carbons (Fsp3) is 0.278. The zero-order valence-electron chi connectivity index (χ0n) is 14.8. The van der Waals surface area contributed by atoms with Gasteiger partial charge in [-0.3, -0.25) is 9.10 Å². The Morgan fingerprint density at radius 3 is 2.35 bits per heavy atom. The fourth-order valence-electron chi connectivity index (χ4n) is 2.46. The quantitative estimate of drug-likeness (QED) is 0.801. The Morgan fingerprint density at radius 1 is 1.19 bits per heavy atom. The Bertz CT molecular complexity index is 869. The summed E-state index contributed by atoms with van der Waals surface area (Å²) in [5.41, 5.74) is 0.302. The molecular formula is C18H21FN2O4S. The maximum atomic E-state index is 13.7. The largest absolute Gasteiger partial charge is 0.494 e. The number of rotatable bonds is 7. The van der Waals surface area contributed by atoms with Crippen LogP contribution in [-0.2, 0) is 14.8 Å². The van der Waals surface area contributed by atoms with Crippen molar-refractivity contribution in [2.24, 2.45) is 0 Å². The van der Waals surface area contributed by atoms with Crippen molar-refractivity contribution in [2.75, 3.05) is 22.5 Å². The van der Waals surface area contributed by atoms with Gasteiger partial charge in [-0.25, -0.2) is 12.8 Å².